The molecule has 1 unspecified atom stereocenters. The minimum absolute atomic E-state index is 0.568. The zero-order valence-electron chi connectivity index (χ0n) is 11.1. The van der Waals surface area contributed by atoms with Crippen LogP contribution in [-0.4, -0.2) is 13.7 Å². The monoisotopic (exact) mass is 233 g/mol. The molecule has 1 atom stereocenters. The van der Waals surface area contributed by atoms with Gasteiger partial charge in [0.05, 0.1) is 6.61 Å². The lowest BCUT2D eigenvalue weighted by atomic mass is 10.1. The fourth-order valence-corrected chi connectivity index (χ4v) is 2.33. The number of ether oxygens (including phenoxy) is 1. The number of hydrogen-bond donors (Lipinski definition) is 1. The van der Waals surface area contributed by atoms with E-state index in [1.807, 2.05) is 0 Å². The van der Waals surface area contributed by atoms with E-state index in [0.717, 1.165) is 19.0 Å². The van der Waals surface area contributed by atoms with E-state index in [4.69, 9.17) is 4.74 Å². The molecule has 0 spiro atoms. The molecule has 0 bridgehead atoms. The van der Waals surface area contributed by atoms with Crippen molar-refractivity contribution in [1.29, 1.82) is 0 Å². The van der Waals surface area contributed by atoms with Crippen molar-refractivity contribution in [2.24, 2.45) is 11.3 Å². The van der Waals surface area contributed by atoms with Crippen LogP contribution in [0.5, 0.6) is 0 Å². The lowest BCUT2D eigenvalue weighted by molar-refractivity contribution is 0.184. The molecule has 0 amide bonds. The number of rotatable bonds is 6. The van der Waals surface area contributed by atoms with Crippen LogP contribution in [0.4, 0.5) is 0 Å². The van der Waals surface area contributed by atoms with Crippen molar-refractivity contribution in [2.75, 3.05) is 13.7 Å². The van der Waals surface area contributed by atoms with Gasteiger partial charge in [-0.25, -0.2) is 0 Å². The number of nitrogens with one attached hydrogen (secondary N) is 1. The highest BCUT2D eigenvalue weighted by Gasteiger charge is 2.44. The van der Waals surface area contributed by atoms with Gasteiger partial charge in [0, 0.05) is 13.7 Å². The molecule has 94 valence electrons. The number of benzene rings is 1. The average molecular weight is 233 g/mol. The van der Waals surface area contributed by atoms with E-state index in [9.17, 15) is 0 Å². The summed E-state index contributed by atoms with van der Waals surface area (Å²) in [6, 6.07) is 8.49. The quantitative estimate of drug-likeness (QED) is 0.815. The van der Waals surface area contributed by atoms with Crippen LogP contribution in [0.3, 0.4) is 0 Å². The second-order valence-electron chi connectivity index (χ2n) is 5.72. The van der Waals surface area contributed by atoms with Crippen LogP contribution in [0.15, 0.2) is 24.3 Å². The van der Waals surface area contributed by atoms with Crippen molar-refractivity contribution >= 4 is 0 Å². The van der Waals surface area contributed by atoms with Gasteiger partial charge in [0.15, 0.2) is 0 Å². The smallest absolute Gasteiger partial charge is 0.0716 e. The molecular formula is C15H23NO. The maximum absolute atomic E-state index is 5.21. The molecule has 0 saturated heterocycles. The Morgan fingerprint density at radius 2 is 1.94 bits per heavy atom. The van der Waals surface area contributed by atoms with Crippen molar-refractivity contribution in [3.8, 4) is 0 Å². The van der Waals surface area contributed by atoms with E-state index in [-0.39, 0.29) is 0 Å². The molecule has 1 saturated carbocycles. The Hall–Kier alpha value is -0.860. The van der Waals surface area contributed by atoms with Gasteiger partial charge in [-0.05, 0) is 35.4 Å². The predicted octanol–water partition coefficient (Wildman–Crippen LogP) is 2.97. The zero-order valence-corrected chi connectivity index (χ0v) is 11.1. The van der Waals surface area contributed by atoms with Crippen LogP contribution < -0.4 is 5.32 Å². The summed E-state index contributed by atoms with van der Waals surface area (Å²) in [7, 11) is 1.75. The maximum Gasteiger partial charge on any atom is 0.0716 e. The summed E-state index contributed by atoms with van der Waals surface area (Å²) in [6.45, 7) is 7.48. The molecule has 2 nitrogen and oxygen atoms in total. The van der Waals surface area contributed by atoms with Crippen LogP contribution in [0.1, 0.15) is 31.4 Å². The van der Waals surface area contributed by atoms with E-state index in [0.29, 0.717) is 12.0 Å². The van der Waals surface area contributed by atoms with Gasteiger partial charge in [0.1, 0.15) is 0 Å². The van der Waals surface area contributed by atoms with Gasteiger partial charge >= 0.3 is 0 Å². The molecule has 0 heterocycles. The molecule has 1 fully saturated rings. The minimum atomic E-state index is 0.568. The van der Waals surface area contributed by atoms with Crippen molar-refractivity contribution in [3.05, 3.63) is 35.4 Å². The van der Waals surface area contributed by atoms with Crippen molar-refractivity contribution < 1.29 is 4.74 Å². The van der Waals surface area contributed by atoms with Crippen molar-refractivity contribution in [3.63, 3.8) is 0 Å². The second-order valence-corrected chi connectivity index (χ2v) is 5.72. The lowest BCUT2D eigenvalue weighted by Gasteiger charge is -2.10. The van der Waals surface area contributed by atoms with Gasteiger partial charge in [-0.1, -0.05) is 38.1 Å². The van der Waals surface area contributed by atoms with Crippen LogP contribution in [0.25, 0.3) is 0 Å². The van der Waals surface area contributed by atoms with Crippen molar-refractivity contribution in [1.82, 2.24) is 5.32 Å². The Labute approximate surface area is 104 Å². The highest BCUT2D eigenvalue weighted by Crippen LogP contribution is 2.50. The van der Waals surface area contributed by atoms with E-state index in [1.54, 1.807) is 7.11 Å². The Bertz CT molecular complexity index is 373. The minimum Gasteiger partial charge on any atom is -0.380 e. The molecule has 2 heteroatoms. The van der Waals surface area contributed by atoms with E-state index < -0.39 is 0 Å². The largest absolute Gasteiger partial charge is 0.380 e. The topological polar surface area (TPSA) is 21.3 Å². The summed E-state index contributed by atoms with van der Waals surface area (Å²) >= 11 is 0. The fraction of sp³-hybridized carbons (Fsp3) is 0.600. The molecule has 1 aliphatic carbocycles. The Morgan fingerprint density at radius 1 is 1.29 bits per heavy atom. The van der Waals surface area contributed by atoms with Gasteiger partial charge in [-0.15, -0.1) is 0 Å². The summed E-state index contributed by atoms with van der Waals surface area (Å²) in [5, 5.41) is 3.56. The summed E-state index contributed by atoms with van der Waals surface area (Å²) in [5.74, 6) is 0.858. The third-order valence-electron chi connectivity index (χ3n) is 3.84. The highest BCUT2D eigenvalue weighted by molar-refractivity contribution is 5.26. The Balaban J connectivity index is 1.82. The first-order chi connectivity index (χ1) is 8.13. The fourth-order valence-electron chi connectivity index (χ4n) is 2.33. The molecular weight excluding hydrogens is 210 g/mol. The first-order valence-corrected chi connectivity index (χ1v) is 6.40. The van der Waals surface area contributed by atoms with Crippen LogP contribution in [0.2, 0.25) is 0 Å². The van der Waals surface area contributed by atoms with E-state index in [2.05, 4.69) is 43.4 Å². The number of hydrogen-bond acceptors (Lipinski definition) is 2. The van der Waals surface area contributed by atoms with Crippen molar-refractivity contribution in [2.45, 2.75) is 33.4 Å². The number of methoxy groups -OCH3 is 1. The van der Waals surface area contributed by atoms with E-state index in [1.165, 1.54) is 17.5 Å². The first kappa shape index (κ1) is 12.6. The standard InChI is InChI=1S/C15H23NO/c1-15(2)8-14(15)10-16-9-12-6-4-5-7-13(12)11-17-3/h4-7,14,16H,8-11H2,1-3H3. The molecule has 17 heavy (non-hydrogen) atoms. The van der Waals surface area contributed by atoms with Crippen LogP contribution in [0, 0.1) is 11.3 Å². The molecule has 0 radical (unpaired) electrons. The van der Waals surface area contributed by atoms with Gasteiger partial charge in [0.25, 0.3) is 0 Å². The van der Waals surface area contributed by atoms with Gasteiger partial charge in [-0.3, -0.25) is 0 Å². The lowest BCUT2D eigenvalue weighted by Crippen LogP contribution is -2.19. The molecule has 1 N–H and O–H groups in total. The molecule has 1 aliphatic rings. The van der Waals surface area contributed by atoms with Crippen LogP contribution in [-0.2, 0) is 17.9 Å². The predicted molar refractivity (Wildman–Crippen MR) is 70.7 cm³/mol. The third kappa shape index (κ3) is 3.30. The second kappa shape index (κ2) is 5.19. The first-order valence-electron chi connectivity index (χ1n) is 6.40. The molecule has 2 rings (SSSR count). The van der Waals surface area contributed by atoms with Gasteiger partial charge in [-0.2, -0.15) is 0 Å². The SMILES string of the molecule is COCc1ccccc1CNCC1CC1(C)C. The summed E-state index contributed by atoms with van der Waals surface area (Å²) in [6.07, 6.45) is 1.36. The maximum atomic E-state index is 5.21. The zero-order chi connectivity index (χ0) is 12.3. The Kier molecular flexibility index (Phi) is 3.85. The highest BCUT2D eigenvalue weighted by atomic mass is 16.5. The molecule has 1 aromatic rings. The van der Waals surface area contributed by atoms with Crippen LogP contribution >= 0.6 is 0 Å². The van der Waals surface area contributed by atoms with Gasteiger partial charge < -0.3 is 10.1 Å². The molecule has 0 aliphatic heterocycles. The molecule has 0 aromatic heterocycles. The summed E-state index contributed by atoms with van der Waals surface area (Å²) in [4.78, 5) is 0. The summed E-state index contributed by atoms with van der Waals surface area (Å²) in [5.41, 5.74) is 3.21. The average Bonchev–Trinajstić information content (AvgIpc) is 2.89. The van der Waals surface area contributed by atoms with E-state index >= 15 is 0 Å². The van der Waals surface area contributed by atoms with Gasteiger partial charge in [0.2, 0.25) is 0 Å². The summed E-state index contributed by atoms with van der Waals surface area (Å²) < 4.78 is 5.21. The Morgan fingerprint density at radius 3 is 2.53 bits per heavy atom. The normalized spacial score (nSPS) is 21.5. The molecule has 1 aromatic carbocycles. The third-order valence-corrected chi connectivity index (χ3v) is 3.84.